The van der Waals surface area contributed by atoms with E-state index < -0.39 is 11.3 Å². The van der Waals surface area contributed by atoms with Crippen LogP contribution in [0.3, 0.4) is 0 Å². The summed E-state index contributed by atoms with van der Waals surface area (Å²) in [6.45, 7) is 3.06. The number of hydrogen-bond acceptors (Lipinski definition) is 3. The van der Waals surface area contributed by atoms with Crippen LogP contribution in [-0.4, -0.2) is 23.0 Å². The monoisotopic (exact) mass is 197 g/mol. The van der Waals surface area contributed by atoms with E-state index in [9.17, 15) is 9.59 Å². The highest BCUT2D eigenvalue weighted by molar-refractivity contribution is 5.96. The predicted molar refractivity (Wildman–Crippen MR) is 49.5 cm³/mol. The van der Waals surface area contributed by atoms with Crippen LogP contribution >= 0.6 is 0 Å². The second-order valence-corrected chi connectivity index (χ2v) is 4.35. The van der Waals surface area contributed by atoms with Gasteiger partial charge in [0, 0.05) is 0 Å². The van der Waals surface area contributed by atoms with Crippen molar-refractivity contribution in [2.24, 2.45) is 0 Å². The molecule has 2 rings (SSSR count). The molecule has 14 heavy (non-hydrogen) atoms. The number of carbonyl (C=O) groups is 2. The Hall–Kier alpha value is -0.900. The van der Waals surface area contributed by atoms with Gasteiger partial charge in [-0.25, -0.2) is 0 Å². The molecule has 1 aliphatic heterocycles. The van der Waals surface area contributed by atoms with Gasteiger partial charge in [-0.15, -0.1) is 0 Å². The third kappa shape index (κ3) is 1.17. The summed E-state index contributed by atoms with van der Waals surface area (Å²) in [7, 11) is 0. The Morgan fingerprint density at radius 3 is 2.43 bits per heavy atom. The Morgan fingerprint density at radius 2 is 2.00 bits per heavy atom. The Labute approximate surface area is 83.0 Å². The van der Waals surface area contributed by atoms with Crippen molar-refractivity contribution in [3.63, 3.8) is 0 Å². The molecule has 1 heterocycles. The number of hydrogen-bond donors (Lipinski definition) is 1. The maximum Gasteiger partial charge on any atom is 0.254 e. The summed E-state index contributed by atoms with van der Waals surface area (Å²) in [5.41, 5.74) is -1.80. The number of ether oxygens (including phenoxy) is 1. The van der Waals surface area contributed by atoms with Crippen LogP contribution in [-0.2, 0) is 14.3 Å². The molecular formula is C10H15NO3. The van der Waals surface area contributed by atoms with Crippen molar-refractivity contribution in [2.45, 2.75) is 50.9 Å². The van der Waals surface area contributed by atoms with Gasteiger partial charge in [0.1, 0.15) is 5.60 Å². The van der Waals surface area contributed by atoms with Gasteiger partial charge in [0.25, 0.3) is 5.91 Å². The number of rotatable bonds is 1. The van der Waals surface area contributed by atoms with Gasteiger partial charge < -0.3 is 10.1 Å². The molecule has 0 bridgehead atoms. The van der Waals surface area contributed by atoms with Gasteiger partial charge >= 0.3 is 0 Å². The Kier molecular flexibility index (Phi) is 1.93. The maximum absolute atomic E-state index is 11.7. The number of ketones is 1. The van der Waals surface area contributed by atoms with Crippen LogP contribution in [0.15, 0.2) is 0 Å². The lowest BCUT2D eigenvalue weighted by Gasteiger charge is -2.24. The molecule has 1 aliphatic carbocycles. The molecule has 0 aromatic carbocycles. The molecular weight excluding hydrogens is 182 g/mol. The zero-order valence-corrected chi connectivity index (χ0v) is 8.55. The molecule has 1 spiro atoms. The summed E-state index contributed by atoms with van der Waals surface area (Å²) >= 11 is 0. The summed E-state index contributed by atoms with van der Waals surface area (Å²) in [6, 6.07) is 0. The minimum Gasteiger partial charge on any atom is -0.332 e. The van der Waals surface area contributed by atoms with E-state index in [0.717, 1.165) is 25.7 Å². The molecule has 78 valence electrons. The first kappa shape index (κ1) is 9.65. The van der Waals surface area contributed by atoms with Crippen molar-refractivity contribution in [1.29, 1.82) is 0 Å². The van der Waals surface area contributed by atoms with E-state index in [0.29, 0.717) is 0 Å². The van der Waals surface area contributed by atoms with Crippen LogP contribution in [0.4, 0.5) is 0 Å². The van der Waals surface area contributed by atoms with Crippen LogP contribution in [0.5, 0.6) is 0 Å². The standard InChI is InChI=1S/C10H15NO3/c1-7(12)9(2)11-8(13)10(14-9)5-3-4-6-10/h3-6H2,1-2H3,(H,11,13). The summed E-state index contributed by atoms with van der Waals surface area (Å²) < 4.78 is 5.66. The quantitative estimate of drug-likeness (QED) is 0.675. The Bertz CT molecular complexity index is 294. The van der Waals surface area contributed by atoms with Crippen molar-refractivity contribution in [3.05, 3.63) is 0 Å². The van der Waals surface area contributed by atoms with Gasteiger partial charge in [-0.1, -0.05) is 0 Å². The molecule has 1 saturated heterocycles. The molecule has 1 saturated carbocycles. The summed E-state index contributed by atoms with van der Waals surface area (Å²) in [5.74, 6) is -0.262. The van der Waals surface area contributed by atoms with Crippen LogP contribution in [0.25, 0.3) is 0 Å². The molecule has 4 nitrogen and oxygen atoms in total. The normalized spacial score (nSPS) is 34.9. The summed E-state index contributed by atoms with van der Waals surface area (Å²) in [6.07, 6.45) is 3.48. The molecule has 4 heteroatoms. The zero-order chi connectivity index (χ0) is 10.4. The molecule has 1 amide bonds. The molecule has 0 aromatic heterocycles. The molecule has 1 N–H and O–H groups in total. The fourth-order valence-electron chi connectivity index (χ4n) is 2.23. The minimum atomic E-state index is -1.10. The third-order valence-corrected chi connectivity index (χ3v) is 3.25. The average Bonchev–Trinajstić information content (AvgIpc) is 2.61. The second kappa shape index (κ2) is 2.79. The van der Waals surface area contributed by atoms with Gasteiger partial charge in [-0.05, 0) is 39.5 Å². The van der Waals surface area contributed by atoms with Crippen molar-refractivity contribution in [3.8, 4) is 0 Å². The molecule has 2 aliphatic rings. The topological polar surface area (TPSA) is 55.4 Å². The third-order valence-electron chi connectivity index (χ3n) is 3.25. The fraction of sp³-hybridized carbons (Fsp3) is 0.800. The van der Waals surface area contributed by atoms with Crippen LogP contribution in [0, 0.1) is 0 Å². The van der Waals surface area contributed by atoms with Crippen LogP contribution in [0.2, 0.25) is 0 Å². The van der Waals surface area contributed by atoms with E-state index in [1.807, 2.05) is 0 Å². The fourth-order valence-corrected chi connectivity index (χ4v) is 2.23. The number of nitrogens with one attached hydrogen (secondary N) is 1. The molecule has 2 fully saturated rings. The molecule has 0 radical (unpaired) electrons. The van der Waals surface area contributed by atoms with Gasteiger partial charge in [-0.2, -0.15) is 0 Å². The van der Waals surface area contributed by atoms with Gasteiger partial charge in [-0.3, -0.25) is 9.59 Å². The van der Waals surface area contributed by atoms with Gasteiger partial charge in [0.15, 0.2) is 11.5 Å². The lowest BCUT2D eigenvalue weighted by Crippen LogP contribution is -2.45. The summed E-state index contributed by atoms with van der Waals surface area (Å²) in [4.78, 5) is 23.0. The SMILES string of the molecule is CC(=O)C1(C)NC(=O)C2(CCCC2)O1. The van der Waals surface area contributed by atoms with Crippen LogP contribution in [0.1, 0.15) is 39.5 Å². The maximum atomic E-state index is 11.7. The van der Waals surface area contributed by atoms with Crippen molar-refractivity contribution in [1.82, 2.24) is 5.32 Å². The van der Waals surface area contributed by atoms with E-state index in [-0.39, 0.29) is 11.7 Å². The second-order valence-electron chi connectivity index (χ2n) is 4.35. The number of Topliss-reactive ketones (excluding diaryl/α,β-unsaturated/α-hetero) is 1. The van der Waals surface area contributed by atoms with Gasteiger partial charge in [0.05, 0.1) is 0 Å². The minimum absolute atomic E-state index is 0.118. The van der Waals surface area contributed by atoms with E-state index in [1.54, 1.807) is 6.92 Å². The lowest BCUT2D eigenvalue weighted by molar-refractivity contribution is -0.152. The lowest BCUT2D eigenvalue weighted by atomic mass is 10.0. The molecule has 1 unspecified atom stereocenters. The van der Waals surface area contributed by atoms with Crippen molar-refractivity contribution < 1.29 is 14.3 Å². The van der Waals surface area contributed by atoms with Crippen molar-refractivity contribution in [2.75, 3.05) is 0 Å². The zero-order valence-electron chi connectivity index (χ0n) is 8.55. The van der Waals surface area contributed by atoms with Crippen molar-refractivity contribution >= 4 is 11.7 Å². The number of carbonyl (C=O) groups excluding carboxylic acids is 2. The highest BCUT2D eigenvalue weighted by Crippen LogP contribution is 2.40. The van der Waals surface area contributed by atoms with E-state index >= 15 is 0 Å². The number of amides is 1. The van der Waals surface area contributed by atoms with Gasteiger partial charge in [0.2, 0.25) is 0 Å². The first-order valence-corrected chi connectivity index (χ1v) is 5.02. The first-order chi connectivity index (χ1) is 6.49. The highest BCUT2D eigenvalue weighted by Gasteiger charge is 2.56. The summed E-state index contributed by atoms with van der Waals surface area (Å²) in [5, 5.41) is 2.65. The smallest absolute Gasteiger partial charge is 0.254 e. The van der Waals surface area contributed by atoms with E-state index in [4.69, 9.17) is 4.74 Å². The largest absolute Gasteiger partial charge is 0.332 e. The molecule has 1 atom stereocenters. The predicted octanol–water partition coefficient (Wildman–Crippen LogP) is 0.751. The Balaban J connectivity index is 2.26. The average molecular weight is 197 g/mol. The van der Waals surface area contributed by atoms with Crippen LogP contribution < -0.4 is 5.32 Å². The Morgan fingerprint density at radius 1 is 1.43 bits per heavy atom. The molecule has 0 aromatic rings. The van der Waals surface area contributed by atoms with E-state index in [2.05, 4.69) is 5.32 Å². The van der Waals surface area contributed by atoms with E-state index in [1.165, 1.54) is 6.92 Å². The first-order valence-electron chi connectivity index (χ1n) is 5.02. The highest BCUT2D eigenvalue weighted by atomic mass is 16.6.